The van der Waals surface area contributed by atoms with Crippen molar-refractivity contribution >= 4 is 25.3 Å². The summed E-state index contributed by atoms with van der Waals surface area (Å²) in [5.41, 5.74) is 0. The van der Waals surface area contributed by atoms with Gasteiger partial charge in [0.1, 0.15) is 0 Å². The minimum Gasteiger partial charge on any atom is -0.780 e. The van der Waals surface area contributed by atoms with Crippen molar-refractivity contribution in [2.45, 2.75) is 61.2 Å². The summed E-state index contributed by atoms with van der Waals surface area (Å²) >= 11 is 9.62. The second kappa shape index (κ2) is 48.5. The van der Waals surface area contributed by atoms with E-state index in [1.165, 1.54) is 51.4 Å². The molecule has 2 aliphatic carbocycles. The average molecular weight is 1020 g/mol. The summed E-state index contributed by atoms with van der Waals surface area (Å²) in [6.07, 6.45) is 42.2. The van der Waals surface area contributed by atoms with Crippen LogP contribution in [0.4, 0.5) is 0 Å². The summed E-state index contributed by atoms with van der Waals surface area (Å²) < 4.78 is 19.8. The van der Waals surface area contributed by atoms with Gasteiger partial charge in [0.2, 0.25) is 0 Å². The molecule has 8 heteroatoms. The summed E-state index contributed by atoms with van der Waals surface area (Å²) in [6, 6.07) is 19.2. The molecule has 0 unspecified atom stereocenters. The SMILES string of the molecule is C1CCOC1.C1CCOC1.C1CCOC1.C1CCOC1.[CH]1[CH][CH][CH][CH][CH][CH][CH]1.[CH]1[CH][CH][CH][CH][CH][CH][CH]1.[S-]c1ccccc1.[S-]c1ccccc1.[Sm].[Sm]. The molecule has 4 saturated heterocycles. The Morgan fingerprint density at radius 3 is 0.500 bits per heavy atom. The van der Waals surface area contributed by atoms with Gasteiger partial charge in [-0.1, -0.05) is 60.7 Å². The van der Waals surface area contributed by atoms with Crippen LogP contribution in [0, 0.1) is 184 Å². The Morgan fingerprint density at radius 1 is 0.269 bits per heavy atom. The summed E-state index contributed by atoms with van der Waals surface area (Å²) in [4.78, 5) is 1.81. The third-order valence-electron chi connectivity index (χ3n) is 6.57. The standard InChI is InChI=1S/2C8H8.2C6H6S.4C4H8O.2Sm/c2*1-2-4-6-8-7-5-3-1;2*7-6-4-2-1-3-5-6;4*1-2-4-5-3-1;;/h2*1-8H;2*1-5,7H;4*1-4H2;;/p-2. The van der Waals surface area contributed by atoms with Crippen LogP contribution in [0.1, 0.15) is 51.4 Å². The van der Waals surface area contributed by atoms with Crippen molar-refractivity contribution in [2.75, 3.05) is 52.9 Å². The van der Waals surface area contributed by atoms with Crippen LogP contribution in [0.3, 0.4) is 0 Å². The van der Waals surface area contributed by atoms with E-state index in [4.69, 9.17) is 44.2 Å². The minimum atomic E-state index is 0. The molecule has 284 valence electrons. The maximum Gasteiger partial charge on any atom is 0.0466 e. The normalized spacial score (nSPS) is 18.9. The van der Waals surface area contributed by atoms with Crippen LogP contribution in [0.15, 0.2) is 70.5 Å². The predicted molar refractivity (Wildman–Crippen MR) is 213 cm³/mol. The largest absolute Gasteiger partial charge is 0.780 e. The fourth-order valence-corrected chi connectivity index (χ4v) is 4.22. The summed E-state index contributed by atoms with van der Waals surface area (Å²) in [5, 5.41) is 0. The molecule has 8 rings (SSSR count). The second-order valence-electron chi connectivity index (χ2n) is 11.0. The van der Waals surface area contributed by atoms with Crippen molar-refractivity contribution < 1.29 is 99.7 Å². The second-order valence-corrected chi connectivity index (χ2v) is 11.9. The topological polar surface area (TPSA) is 36.9 Å². The summed E-state index contributed by atoms with van der Waals surface area (Å²) in [5.74, 6) is 0. The monoisotopic (exact) mass is 1020 g/mol. The van der Waals surface area contributed by atoms with Gasteiger partial charge in [0, 0.05) is 134 Å². The van der Waals surface area contributed by atoms with Gasteiger partial charge in [-0.15, -0.1) is 0 Å². The fourth-order valence-electron chi connectivity index (χ4n) is 3.91. The Labute approximate surface area is 397 Å². The van der Waals surface area contributed by atoms with Gasteiger partial charge in [0.15, 0.2) is 0 Å². The first-order chi connectivity index (χ1) is 24.8. The van der Waals surface area contributed by atoms with E-state index >= 15 is 0 Å². The van der Waals surface area contributed by atoms with Crippen molar-refractivity contribution in [3.8, 4) is 0 Å². The molecular formula is C44H58O4S2Sm2-2. The molecule has 0 atom stereocenters. The van der Waals surface area contributed by atoms with Crippen molar-refractivity contribution in [3.05, 3.63) is 163 Å². The fraction of sp³-hybridized carbons (Fsp3) is 0.364. The number of hydrogen-bond donors (Lipinski definition) is 0. The average Bonchev–Trinajstić information content (AvgIpc) is 3.98. The van der Waals surface area contributed by atoms with Crippen LogP contribution in [-0.2, 0) is 44.2 Å². The van der Waals surface area contributed by atoms with E-state index in [2.05, 4.69) is 0 Å². The van der Waals surface area contributed by atoms with E-state index in [-0.39, 0.29) is 80.8 Å². The molecule has 16 radical (unpaired) electrons. The van der Waals surface area contributed by atoms with Gasteiger partial charge >= 0.3 is 0 Å². The van der Waals surface area contributed by atoms with Crippen molar-refractivity contribution in [3.63, 3.8) is 0 Å². The number of ether oxygens (including phenoxy) is 4. The maximum atomic E-state index is 4.94. The molecule has 0 bridgehead atoms. The molecule has 0 N–H and O–H groups in total. The molecule has 2 aromatic carbocycles. The molecule has 2 aromatic rings. The molecular weight excluding hydrogens is 957 g/mol. The van der Waals surface area contributed by atoms with Crippen molar-refractivity contribution in [2.24, 2.45) is 0 Å². The predicted octanol–water partition coefficient (Wildman–Crippen LogP) is 9.64. The molecule has 0 aromatic heterocycles. The molecule has 4 aliphatic heterocycles. The van der Waals surface area contributed by atoms with Gasteiger partial charge in [0.25, 0.3) is 0 Å². The zero-order valence-corrected chi connectivity index (χ0v) is 37.5. The molecule has 6 aliphatic rings. The van der Waals surface area contributed by atoms with Gasteiger partial charge in [-0.3, -0.25) is 0 Å². The Balaban J connectivity index is 0. The van der Waals surface area contributed by atoms with Crippen LogP contribution in [0.5, 0.6) is 0 Å². The van der Waals surface area contributed by atoms with E-state index in [9.17, 15) is 0 Å². The Morgan fingerprint density at radius 2 is 0.423 bits per heavy atom. The Hall–Kier alpha value is 1.40. The minimum absolute atomic E-state index is 0. The third-order valence-corrected chi connectivity index (χ3v) is 7.12. The molecule has 0 amide bonds. The number of rotatable bonds is 0. The van der Waals surface area contributed by atoms with Crippen LogP contribution in [0.2, 0.25) is 0 Å². The molecule has 2 saturated carbocycles. The van der Waals surface area contributed by atoms with E-state index in [1.807, 2.05) is 163 Å². The van der Waals surface area contributed by atoms with Gasteiger partial charge in [-0.2, -0.15) is 9.79 Å². The van der Waals surface area contributed by atoms with Crippen molar-refractivity contribution in [1.29, 1.82) is 0 Å². The van der Waals surface area contributed by atoms with Crippen LogP contribution in [-0.4, -0.2) is 52.9 Å². The first-order valence-corrected chi connectivity index (χ1v) is 18.7. The van der Waals surface area contributed by atoms with Gasteiger partial charge < -0.3 is 44.2 Å². The van der Waals surface area contributed by atoms with Gasteiger partial charge in [-0.05, 0) is 154 Å². The molecule has 0 spiro atoms. The molecule has 52 heavy (non-hydrogen) atoms. The quantitative estimate of drug-likeness (QED) is 0.245. The third kappa shape index (κ3) is 45.8. The van der Waals surface area contributed by atoms with Gasteiger partial charge in [-0.25, -0.2) is 0 Å². The zero-order valence-electron chi connectivity index (χ0n) is 30.6. The Kier molecular flexibility index (Phi) is 51.8. The number of hydrogen-bond acceptors (Lipinski definition) is 6. The molecule has 4 nitrogen and oxygen atoms in total. The van der Waals surface area contributed by atoms with Crippen LogP contribution >= 0.6 is 0 Å². The van der Waals surface area contributed by atoms with E-state index in [1.54, 1.807) is 0 Å². The summed E-state index contributed by atoms with van der Waals surface area (Å²) in [6.45, 7) is 8.00. The van der Waals surface area contributed by atoms with E-state index < -0.39 is 0 Å². The first kappa shape index (κ1) is 55.5. The van der Waals surface area contributed by atoms with Crippen LogP contribution < -0.4 is 0 Å². The van der Waals surface area contributed by atoms with E-state index in [0.29, 0.717) is 0 Å². The smallest absolute Gasteiger partial charge is 0.0466 e. The summed E-state index contributed by atoms with van der Waals surface area (Å²) in [7, 11) is 0. The van der Waals surface area contributed by atoms with Gasteiger partial charge in [0.05, 0.1) is 0 Å². The van der Waals surface area contributed by atoms with Crippen LogP contribution in [0.25, 0.3) is 0 Å². The zero-order chi connectivity index (χ0) is 35.7. The first-order valence-electron chi connectivity index (χ1n) is 17.9. The molecule has 4 heterocycles. The Bertz CT molecular complexity index is 710. The maximum absolute atomic E-state index is 4.94. The molecule has 6 fully saturated rings. The number of benzene rings is 2. The van der Waals surface area contributed by atoms with E-state index in [0.717, 1.165) is 62.6 Å². The van der Waals surface area contributed by atoms with Crippen molar-refractivity contribution in [1.82, 2.24) is 0 Å².